The van der Waals surface area contributed by atoms with Crippen molar-refractivity contribution in [3.63, 3.8) is 0 Å². The third-order valence-corrected chi connectivity index (χ3v) is 2.59. The molecule has 2 heteroatoms. The number of carbonyl (C=O) groups is 1. The zero-order valence-corrected chi connectivity index (χ0v) is 10.4. The summed E-state index contributed by atoms with van der Waals surface area (Å²) in [6, 6.07) is 8.56. The van der Waals surface area contributed by atoms with E-state index >= 15 is 0 Å². The van der Waals surface area contributed by atoms with E-state index in [1.165, 1.54) is 11.1 Å². The maximum absolute atomic E-state index is 11.3. The second-order valence-corrected chi connectivity index (χ2v) is 4.53. The number of rotatable bonds is 5. The van der Waals surface area contributed by atoms with Gasteiger partial charge < -0.3 is 5.32 Å². The molecular formula is C14H21NO. The van der Waals surface area contributed by atoms with Crippen LogP contribution >= 0.6 is 0 Å². The minimum absolute atomic E-state index is 0.0828. The Bertz CT molecular complexity index is 327. The van der Waals surface area contributed by atoms with E-state index in [4.69, 9.17) is 0 Å². The molecule has 0 unspecified atom stereocenters. The molecule has 88 valence electrons. The van der Waals surface area contributed by atoms with Gasteiger partial charge in [-0.3, -0.25) is 4.79 Å². The summed E-state index contributed by atoms with van der Waals surface area (Å²) in [6.45, 7) is 6.68. The fraction of sp³-hybridized carbons (Fsp3) is 0.500. The monoisotopic (exact) mass is 219 g/mol. The number of hydrogen-bond donors (Lipinski definition) is 1. The summed E-state index contributed by atoms with van der Waals surface area (Å²) in [4.78, 5) is 11.3. The van der Waals surface area contributed by atoms with Crippen LogP contribution in [0.15, 0.2) is 24.3 Å². The fourth-order valence-corrected chi connectivity index (χ4v) is 1.46. The predicted octanol–water partition coefficient (Wildman–Crippen LogP) is 2.70. The maximum Gasteiger partial charge on any atom is 0.222 e. The van der Waals surface area contributed by atoms with Crippen molar-refractivity contribution in [2.45, 2.75) is 33.6 Å². The first-order chi connectivity index (χ1) is 7.59. The Morgan fingerprint density at radius 1 is 1.25 bits per heavy atom. The van der Waals surface area contributed by atoms with Crippen molar-refractivity contribution in [1.29, 1.82) is 0 Å². The first-order valence-electron chi connectivity index (χ1n) is 5.93. The van der Waals surface area contributed by atoms with E-state index in [1.54, 1.807) is 0 Å². The van der Waals surface area contributed by atoms with Crippen LogP contribution in [0, 0.1) is 12.8 Å². The van der Waals surface area contributed by atoms with Crippen molar-refractivity contribution in [3.05, 3.63) is 35.4 Å². The van der Waals surface area contributed by atoms with E-state index in [9.17, 15) is 4.79 Å². The van der Waals surface area contributed by atoms with Gasteiger partial charge in [-0.2, -0.15) is 0 Å². The summed E-state index contributed by atoms with van der Waals surface area (Å²) >= 11 is 0. The first kappa shape index (κ1) is 12.8. The SMILES string of the molecule is Cc1ccc(CCCNC(=O)C(C)C)cc1. The number of amides is 1. The summed E-state index contributed by atoms with van der Waals surface area (Å²) in [7, 11) is 0. The highest BCUT2D eigenvalue weighted by Gasteiger charge is 2.04. The van der Waals surface area contributed by atoms with Gasteiger partial charge in [0.05, 0.1) is 0 Å². The third-order valence-electron chi connectivity index (χ3n) is 2.59. The van der Waals surface area contributed by atoms with Crippen LogP contribution < -0.4 is 5.32 Å². The molecule has 0 radical (unpaired) electrons. The van der Waals surface area contributed by atoms with Crippen LogP contribution in [0.5, 0.6) is 0 Å². The van der Waals surface area contributed by atoms with Crippen LogP contribution in [0.2, 0.25) is 0 Å². The highest BCUT2D eigenvalue weighted by Crippen LogP contribution is 2.05. The van der Waals surface area contributed by atoms with E-state index in [2.05, 4.69) is 36.5 Å². The van der Waals surface area contributed by atoms with Gasteiger partial charge in [-0.05, 0) is 25.3 Å². The normalized spacial score (nSPS) is 10.5. The average molecular weight is 219 g/mol. The molecule has 0 atom stereocenters. The molecule has 1 N–H and O–H groups in total. The standard InChI is InChI=1S/C14H21NO/c1-11(2)14(16)15-10-4-5-13-8-6-12(3)7-9-13/h6-9,11H,4-5,10H2,1-3H3,(H,15,16). The molecule has 0 aliphatic rings. The number of hydrogen-bond acceptors (Lipinski definition) is 1. The van der Waals surface area contributed by atoms with Crippen molar-refractivity contribution in [1.82, 2.24) is 5.32 Å². The molecule has 0 heterocycles. The first-order valence-corrected chi connectivity index (χ1v) is 5.93. The molecule has 0 saturated heterocycles. The smallest absolute Gasteiger partial charge is 0.222 e. The summed E-state index contributed by atoms with van der Waals surface area (Å²) in [5.74, 6) is 0.225. The fourth-order valence-electron chi connectivity index (χ4n) is 1.46. The molecule has 2 nitrogen and oxygen atoms in total. The zero-order chi connectivity index (χ0) is 12.0. The van der Waals surface area contributed by atoms with Crippen LogP contribution in [0.25, 0.3) is 0 Å². The van der Waals surface area contributed by atoms with Crippen LogP contribution in [0.3, 0.4) is 0 Å². The van der Waals surface area contributed by atoms with E-state index < -0.39 is 0 Å². The van der Waals surface area contributed by atoms with E-state index in [-0.39, 0.29) is 11.8 Å². The Morgan fingerprint density at radius 2 is 1.88 bits per heavy atom. The maximum atomic E-state index is 11.3. The molecule has 0 aliphatic heterocycles. The Balaban J connectivity index is 2.21. The summed E-state index contributed by atoms with van der Waals surface area (Å²) in [5.41, 5.74) is 2.63. The number of aryl methyl sites for hydroxylation is 2. The molecule has 1 aromatic carbocycles. The van der Waals surface area contributed by atoms with Crippen LogP contribution in [-0.4, -0.2) is 12.5 Å². The van der Waals surface area contributed by atoms with E-state index in [1.807, 2.05) is 13.8 Å². The van der Waals surface area contributed by atoms with Gasteiger partial charge in [-0.15, -0.1) is 0 Å². The van der Waals surface area contributed by atoms with E-state index in [0.717, 1.165) is 19.4 Å². The van der Waals surface area contributed by atoms with Gasteiger partial charge in [-0.1, -0.05) is 43.7 Å². The second kappa shape index (κ2) is 6.31. The van der Waals surface area contributed by atoms with Gasteiger partial charge in [-0.25, -0.2) is 0 Å². The van der Waals surface area contributed by atoms with Crippen molar-refractivity contribution in [2.75, 3.05) is 6.54 Å². The lowest BCUT2D eigenvalue weighted by Crippen LogP contribution is -2.28. The van der Waals surface area contributed by atoms with Crippen LogP contribution in [0.1, 0.15) is 31.4 Å². The molecule has 0 saturated carbocycles. The van der Waals surface area contributed by atoms with Gasteiger partial charge in [0.1, 0.15) is 0 Å². The van der Waals surface area contributed by atoms with Crippen molar-refractivity contribution in [2.24, 2.45) is 5.92 Å². The lowest BCUT2D eigenvalue weighted by molar-refractivity contribution is -0.123. The molecule has 0 spiro atoms. The molecule has 1 rings (SSSR count). The van der Waals surface area contributed by atoms with Crippen molar-refractivity contribution < 1.29 is 4.79 Å². The summed E-state index contributed by atoms with van der Waals surface area (Å²) in [6.07, 6.45) is 2.03. The highest BCUT2D eigenvalue weighted by atomic mass is 16.1. The predicted molar refractivity (Wildman–Crippen MR) is 67.3 cm³/mol. The van der Waals surface area contributed by atoms with Crippen LogP contribution in [-0.2, 0) is 11.2 Å². The van der Waals surface area contributed by atoms with Crippen molar-refractivity contribution >= 4 is 5.91 Å². The third kappa shape index (κ3) is 4.47. The lowest BCUT2D eigenvalue weighted by atomic mass is 10.1. The zero-order valence-electron chi connectivity index (χ0n) is 10.4. The molecule has 16 heavy (non-hydrogen) atoms. The Hall–Kier alpha value is -1.31. The molecule has 1 amide bonds. The summed E-state index contributed by atoms with van der Waals surface area (Å²) in [5, 5.41) is 2.92. The molecular weight excluding hydrogens is 198 g/mol. The van der Waals surface area contributed by atoms with Crippen LogP contribution in [0.4, 0.5) is 0 Å². The van der Waals surface area contributed by atoms with Crippen molar-refractivity contribution in [3.8, 4) is 0 Å². The molecule has 0 fully saturated rings. The van der Waals surface area contributed by atoms with E-state index in [0.29, 0.717) is 0 Å². The number of nitrogens with one attached hydrogen (secondary N) is 1. The molecule has 0 bridgehead atoms. The molecule has 0 aliphatic carbocycles. The van der Waals surface area contributed by atoms with Gasteiger partial charge >= 0.3 is 0 Å². The second-order valence-electron chi connectivity index (χ2n) is 4.53. The quantitative estimate of drug-likeness (QED) is 0.758. The average Bonchev–Trinajstić information content (AvgIpc) is 2.26. The van der Waals surface area contributed by atoms with Gasteiger partial charge in [0.25, 0.3) is 0 Å². The lowest BCUT2D eigenvalue weighted by Gasteiger charge is -2.07. The van der Waals surface area contributed by atoms with Gasteiger partial charge in [0.15, 0.2) is 0 Å². The Morgan fingerprint density at radius 3 is 2.44 bits per heavy atom. The number of benzene rings is 1. The highest BCUT2D eigenvalue weighted by molar-refractivity contribution is 5.77. The van der Waals surface area contributed by atoms with Gasteiger partial charge in [0.2, 0.25) is 5.91 Å². The topological polar surface area (TPSA) is 29.1 Å². The molecule has 1 aromatic rings. The Labute approximate surface area is 98.1 Å². The minimum atomic E-state index is 0.0828. The minimum Gasteiger partial charge on any atom is -0.356 e. The van der Waals surface area contributed by atoms with Gasteiger partial charge in [0, 0.05) is 12.5 Å². The number of carbonyl (C=O) groups excluding carboxylic acids is 1. The summed E-state index contributed by atoms with van der Waals surface area (Å²) < 4.78 is 0. The molecule has 0 aromatic heterocycles. The Kier molecular flexibility index (Phi) is 5.03. The largest absolute Gasteiger partial charge is 0.356 e.